The van der Waals surface area contributed by atoms with Crippen molar-refractivity contribution >= 4 is 32.5 Å². The molecule has 0 saturated carbocycles. The van der Waals surface area contributed by atoms with Crippen LogP contribution in [0.15, 0.2) is 54.2 Å². The Morgan fingerprint density at radius 3 is 2.83 bits per heavy atom. The van der Waals surface area contributed by atoms with E-state index in [1.165, 1.54) is 26.7 Å². The first-order valence-electron chi connectivity index (χ1n) is 5.81. The lowest BCUT2D eigenvalue weighted by molar-refractivity contribution is 1.47. The summed E-state index contributed by atoms with van der Waals surface area (Å²) in [7, 11) is 0. The van der Waals surface area contributed by atoms with Crippen molar-refractivity contribution in [3.8, 4) is 11.1 Å². The highest BCUT2D eigenvalue weighted by molar-refractivity contribution is 7.16. The van der Waals surface area contributed by atoms with Crippen molar-refractivity contribution in [3.63, 3.8) is 0 Å². The lowest BCUT2D eigenvalue weighted by Crippen LogP contribution is -1.78. The molecule has 0 fully saturated rings. The smallest absolute Gasteiger partial charge is 0.0818 e. The fourth-order valence-electron chi connectivity index (χ4n) is 2.26. The lowest BCUT2D eigenvalue weighted by atomic mass is 10.0. The summed E-state index contributed by atoms with van der Waals surface area (Å²) in [4.78, 5) is 7.62. The average Bonchev–Trinajstić information content (AvgIpc) is 3.05. The summed E-state index contributed by atoms with van der Waals surface area (Å²) in [5.41, 5.74) is 6.57. The van der Waals surface area contributed by atoms with Gasteiger partial charge >= 0.3 is 0 Å². The van der Waals surface area contributed by atoms with E-state index in [0.29, 0.717) is 0 Å². The zero-order valence-corrected chi connectivity index (χ0v) is 10.4. The van der Waals surface area contributed by atoms with Crippen molar-refractivity contribution < 1.29 is 0 Å². The van der Waals surface area contributed by atoms with Crippen LogP contribution >= 0.6 is 11.3 Å². The molecule has 2 aromatic carbocycles. The molecule has 0 amide bonds. The quantitative estimate of drug-likeness (QED) is 0.531. The normalized spacial score (nSPS) is 11.3. The minimum atomic E-state index is 1.07. The number of nitrogens with one attached hydrogen (secondary N) is 1. The van der Waals surface area contributed by atoms with Gasteiger partial charge in [0.05, 0.1) is 15.7 Å². The van der Waals surface area contributed by atoms with Gasteiger partial charge in [-0.3, -0.25) is 0 Å². The number of benzene rings is 2. The molecular weight excluding hydrogens is 240 g/mol. The van der Waals surface area contributed by atoms with Gasteiger partial charge in [-0.1, -0.05) is 18.2 Å². The molecule has 0 bridgehead atoms. The predicted octanol–water partition coefficient (Wildman–Crippen LogP) is 4.44. The summed E-state index contributed by atoms with van der Waals surface area (Å²) in [5.74, 6) is 0. The molecule has 2 nitrogen and oxygen atoms in total. The van der Waals surface area contributed by atoms with Crippen LogP contribution in [-0.4, -0.2) is 9.97 Å². The molecule has 4 rings (SSSR count). The molecule has 2 heterocycles. The van der Waals surface area contributed by atoms with Crippen molar-refractivity contribution in [3.05, 3.63) is 54.2 Å². The second-order valence-electron chi connectivity index (χ2n) is 4.31. The maximum absolute atomic E-state index is 4.37. The van der Waals surface area contributed by atoms with Crippen LogP contribution in [0.1, 0.15) is 0 Å². The molecule has 4 aromatic rings. The van der Waals surface area contributed by atoms with Gasteiger partial charge in [-0.05, 0) is 40.8 Å². The molecule has 0 radical (unpaired) electrons. The number of aromatic amines is 1. The first kappa shape index (κ1) is 9.85. The number of H-pyrrole nitrogens is 1. The highest BCUT2D eigenvalue weighted by atomic mass is 32.1. The fraction of sp³-hybridized carbons (Fsp3) is 0. The van der Waals surface area contributed by atoms with Crippen molar-refractivity contribution in [2.45, 2.75) is 0 Å². The number of hydrogen-bond donors (Lipinski definition) is 1. The number of fused-ring (bicyclic) bond motifs is 2. The Morgan fingerprint density at radius 2 is 1.83 bits per heavy atom. The molecule has 2 aromatic heterocycles. The van der Waals surface area contributed by atoms with Crippen LogP contribution in [0.2, 0.25) is 0 Å². The van der Waals surface area contributed by atoms with E-state index in [1.54, 1.807) is 11.3 Å². The predicted molar refractivity (Wildman–Crippen MR) is 76.9 cm³/mol. The third-order valence-corrected chi connectivity index (χ3v) is 4.03. The highest BCUT2D eigenvalue weighted by Crippen LogP contribution is 2.27. The minimum absolute atomic E-state index is 1.07. The number of thiazole rings is 1. The fourth-order valence-corrected chi connectivity index (χ4v) is 2.92. The van der Waals surface area contributed by atoms with Crippen LogP contribution in [0.25, 0.3) is 32.2 Å². The summed E-state index contributed by atoms with van der Waals surface area (Å²) in [6.07, 6.45) is 1.97. The Kier molecular flexibility index (Phi) is 2.02. The van der Waals surface area contributed by atoms with Gasteiger partial charge in [-0.15, -0.1) is 11.3 Å². The zero-order chi connectivity index (χ0) is 11.9. The first-order chi connectivity index (χ1) is 8.90. The lowest BCUT2D eigenvalue weighted by Gasteiger charge is -2.02. The van der Waals surface area contributed by atoms with E-state index in [0.717, 1.165) is 5.52 Å². The molecule has 86 valence electrons. The largest absolute Gasteiger partial charge is 0.361 e. The summed E-state index contributed by atoms with van der Waals surface area (Å²) in [6.45, 7) is 0. The summed E-state index contributed by atoms with van der Waals surface area (Å²) in [5, 5.41) is 1.24. The number of hydrogen-bond acceptors (Lipinski definition) is 2. The van der Waals surface area contributed by atoms with Gasteiger partial charge < -0.3 is 4.98 Å². The molecule has 0 saturated heterocycles. The van der Waals surface area contributed by atoms with Gasteiger partial charge in [-0.2, -0.15) is 0 Å². The van der Waals surface area contributed by atoms with Crippen molar-refractivity contribution in [2.75, 3.05) is 0 Å². The molecular formula is C15H10N2S. The summed E-state index contributed by atoms with van der Waals surface area (Å²) >= 11 is 1.68. The Hall–Kier alpha value is -2.13. The van der Waals surface area contributed by atoms with Crippen LogP contribution in [0, 0.1) is 0 Å². The van der Waals surface area contributed by atoms with Gasteiger partial charge in [0.25, 0.3) is 0 Å². The second-order valence-corrected chi connectivity index (χ2v) is 5.20. The van der Waals surface area contributed by atoms with Crippen molar-refractivity contribution in [1.82, 2.24) is 9.97 Å². The second kappa shape index (κ2) is 3.68. The highest BCUT2D eigenvalue weighted by Gasteiger charge is 2.03. The Labute approximate surface area is 108 Å². The van der Waals surface area contributed by atoms with Gasteiger partial charge in [0.1, 0.15) is 0 Å². The topological polar surface area (TPSA) is 28.7 Å². The molecule has 0 aliphatic heterocycles. The molecule has 0 aliphatic rings. The van der Waals surface area contributed by atoms with Gasteiger partial charge in [0, 0.05) is 11.7 Å². The van der Waals surface area contributed by atoms with E-state index in [-0.39, 0.29) is 0 Å². The number of aromatic nitrogens is 2. The molecule has 0 aliphatic carbocycles. The third-order valence-electron chi connectivity index (χ3n) is 3.22. The molecule has 0 spiro atoms. The Morgan fingerprint density at radius 1 is 0.944 bits per heavy atom. The van der Waals surface area contributed by atoms with Gasteiger partial charge in [0.2, 0.25) is 0 Å². The standard InChI is InChI=1S/C15H10N2S/c1-2-11(7-13-10(1)5-6-16-13)12-3-4-15-14(8-12)17-9-18-15/h1-9,16H. The van der Waals surface area contributed by atoms with E-state index in [1.807, 2.05) is 11.7 Å². The SMILES string of the molecule is c1cc2ccc(-c3ccc4scnc4c3)cc2[nH]1. The monoisotopic (exact) mass is 250 g/mol. The maximum Gasteiger partial charge on any atom is 0.0818 e. The summed E-state index contributed by atoms with van der Waals surface area (Å²) < 4.78 is 1.24. The molecule has 18 heavy (non-hydrogen) atoms. The number of rotatable bonds is 1. The molecule has 0 atom stereocenters. The van der Waals surface area contributed by atoms with Crippen molar-refractivity contribution in [2.24, 2.45) is 0 Å². The van der Waals surface area contributed by atoms with E-state index in [4.69, 9.17) is 0 Å². The van der Waals surface area contributed by atoms with Crippen LogP contribution in [0.4, 0.5) is 0 Å². The Balaban J connectivity index is 1.93. The van der Waals surface area contributed by atoms with Crippen LogP contribution in [-0.2, 0) is 0 Å². The average molecular weight is 250 g/mol. The molecule has 1 N–H and O–H groups in total. The van der Waals surface area contributed by atoms with Crippen LogP contribution in [0.5, 0.6) is 0 Å². The van der Waals surface area contributed by atoms with Gasteiger partial charge in [-0.25, -0.2) is 4.98 Å². The van der Waals surface area contributed by atoms with Crippen LogP contribution < -0.4 is 0 Å². The molecule has 0 unspecified atom stereocenters. The van der Waals surface area contributed by atoms with E-state index in [2.05, 4.69) is 52.4 Å². The number of nitrogens with zero attached hydrogens (tertiary/aromatic N) is 1. The van der Waals surface area contributed by atoms with Crippen molar-refractivity contribution in [1.29, 1.82) is 0 Å². The Bertz CT molecular complexity index is 770. The van der Waals surface area contributed by atoms with E-state index in [9.17, 15) is 0 Å². The molecule has 3 heteroatoms. The van der Waals surface area contributed by atoms with E-state index >= 15 is 0 Å². The first-order valence-corrected chi connectivity index (χ1v) is 6.69. The van der Waals surface area contributed by atoms with Gasteiger partial charge in [0.15, 0.2) is 0 Å². The zero-order valence-electron chi connectivity index (χ0n) is 9.55. The van der Waals surface area contributed by atoms with Crippen LogP contribution in [0.3, 0.4) is 0 Å². The minimum Gasteiger partial charge on any atom is -0.361 e. The van der Waals surface area contributed by atoms with E-state index < -0.39 is 0 Å². The summed E-state index contributed by atoms with van der Waals surface area (Å²) in [6, 6.07) is 15.0. The maximum atomic E-state index is 4.37. The third kappa shape index (κ3) is 1.45.